The zero-order valence-electron chi connectivity index (χ0n) is 11.3. The summed E-state index contributed by atoms with van der Waals surface area (Å²) in [6, 6.07) is 0. The summed E-state index contributed by atoms with van der Waals surface area (Å²) in [5.41, 5.74) is 0. The summed E-state index contributed by atoms with van der Waals surface area (Å²) in [5, 5.41) is 0. The maximum atomic E-state index is 11.2. The number of carbonyl (C=O) groups excluding carboxylic acids is 1. The smallest absolute Gasteiger partial charge is 0.315 e. The molecule has 0 heterocycles. The Morgan fingerprint density at radius 2 is 1.94 bits per heavy atom. The van der Waals surface area contributed by atoms with E-state index in [2.05, 4.69) is 12.2 Å². The first-order valence-electron chi connectivity index (χ1n) is 7.18. The number of allylic oxidation sites excluding steroid dienone is 2. The second kappa shape index (κ2) is 7.22. The molecule has 0 radical (unpaired) electrons. The van der Waals surface area contributed by atoms with Crippen LogP contribution < -0.4 is 0 Å². The second-order valence-electron chi connectivity index (χ2n) is 5.45. The van der Waals surface area contributed by atoms with Crippen LogP contribution in [0.25, 0.3) is 0 Å². The Bertz CT molecular complexity index is 285. The summed E-state index contributed by atoms with van der Waals surface area (Å²) in [4.78, 5) is 11.2. The van der Waals surface area contributed by atoms with Crippen molar-refractivity contribution in [2.24, 2.45) is 17.8 Å². The van der Waals surface area contributed by atoms with Crippen molar-refractivity contribution in [1.82, 2.24) is 0 Å². The van der Waals surface area contributed by atoms with E-state index in [1.165, 1.54) is 32.1 Å². The van der Waals surface area contributed by atoms with Crippen LogP contribution in [0, 0.1) is 17.8 Å². The fourth-order valence-electron chi connectivity index (χ4n) is 3.30. The van der Waals surface area contributed by atoms with Crippen LogP contribution >= 0.6 is 11.8 Å². The normalized spacial score (nSPS) is 30.2. The van der Waals surface area contributed by atoms with Gasteiger partial charge >= 0.3 is 5.97 Å². The molecular weight excluding hydrogens is 244 g/mol. The lowest BCUT2D eigenvalue weighted by Gasteiger charge is -2.19. The van der Waals surface area contributed by atoms with E-state index in [0.29, 0.717) is 12.4 Å². The molecule has 2 aliphatic carbocycles. The molecule has 0 aromatic carbocycles. The minimum absolute atomic E-state index is 0.0632. The standard InChI is InChI=1S/C15H24O2S/c1-2-17-15(16)11-18-8-7-12-9-13-5-3-4-6-14(13)10-12/h3-4,12-14H,2,5-11H2,1H3/t12?,13-,14+. The van der Waals surface area contributed by atoms with Gasteiger partial charge in [-0.3, -0.25) is 4.79 Å². The summed E-state index contributed by atoms with van der Waals surface area (Å²) >= 11 is 1.73. The molecule has 0 aromatic heterocycles. The second-order valence-corrected chi connectivity index (χ2v) is 6.55. The van der Waals surface area contributed by atoms with E-state index in [4.69, 9.17) is 4.74 Å². The van der Waals surface area contributed by atoms with Gasteiger partial charge in [0.15, 0.2) is 0 Å². The number of esters is 1. The SMILES string of the molecule is CCOC(=O)CSCCC1C[C@H]2CC=CC[C@H]2C1. The van der Waals surface area contributed by atoms with Gasteiger partial charge in [0.1, 0.15) is 0 Å². The first kappa shape index (κ1) is 14.0. The van der Waals surface area contributed by atoms with Crippen LogP contribution in [0.2, 0.25) is 0 Å². The Labute approximate surface area is 115 Å². The van der Waals surface area contributed by atoms with Crippen LogP contribution in [-0.2, 0) is 9.53 Å². The first-order valence-corrected chi connectivity index (χ1v) is 8.33. The van der Waals surface area contributed by atoms with Crippen molar-refractivity contribution < 1.29 is 9.53 Å². The molecule has 2 rings (SSSR count). The fraction of sp³-hybridized carbons (Fsp3) is 0.800. The lowest BCUT2D eigenvalue weighted by Crippen LogP contribution is -2.08. The van der Waals surface area contributed by atoms with Crippen molar-refractivity contribution in [3.05, 3.63) is 12.2 Å². The lowest BCUT2D eigenvalue weighted by atomic mass is 9.86. The van der Waals surface area contributed by atoms with Gasteiger partial charge in [-0.15, -0.1) is 0 Å². The molecule has 2 aliphatic rings. The molecule has 0 spiro atoms. The highest BCUT2D eigenvalue weighted by atomic mass is 32.2. The summed E-state index contributed by atoms with van der Waals surface area (Å²) < 4.78 is 4.92. The Balaban J connectivity index is 1.57. The number of hydrogen-bond donors (Lipinski definition) is 0. The molecule has 0 aromatic rings. The van der Waals surface area contributed by atoms with E-state index >= 15 is 0 Å². The van der Waals surface area contributed by atoms with Crippen LogP contribution in [0.15, 0.2) is 12.2 Å². The highest BCUT2D eigenvalue weighted by Gasteiger charge is 2.33. The molecule has 1 saturated carbocycles. The van der Waals surface area contributed by atoms with Crippen molar-refractivity contribution in [2.45, 2.75) is 39.0 Å². The average molecular weight is 268 g/mol. The van der Waals surface area contributed by atoms with E-state index < -0.39 is 0 Å². The lowest BCUT2D eigenvalue weighted by molar-refractivity contribution is -0.139. The van der Waals surface area contributed by atoms with Crippen molar-refractivity contribution in [3.8, 4) is 0 Å². The zero-order valence-corrected chi connectivity index (χ0v) is 12.1. The minimum Gasteiger partial charge on any atom is -0.465 e. The van der Waals surface area contributed by atoms with Gasteiger partial charge in [0, 0.05) is 0 Å². The summed E-state index contributed by atoms with van der Waals surface area (Å²) in [6.07, 6.45) is 11.4. The van der Waals surface area contributed by atoms with Crippen molar-refractivity contribution in [3.63, 3.8) is 0 Å². The summed E-state index contributed by atoms with van der Waals surface area (Å²) in [5.74, 6) is 4.37. The van der Waals surface area contributed by atoms with Gasteiger partial charge in [-0.25, -0.2) is 0 Å². The molecular formula is C15H24O2S. The number of ether oxygens (including phenoxy) is 1. The van der Waals surface area contributed by atoms with Crippen molar-refractivity contribution in [2.75, 3.05) is 18.1 Å². The average Bonchev–Trinajstić information content (AvgIpc) is 2.77. The minimum atomic E-state index is -0.0632. The number of hydrogen-bond acceptors (Lipinski definition) is 3. The Kier molecular flexibility index (Phi) is 5.61. The third kappa shape index (κ3) is 4.04. The number of fused-ring (bicyclic) bond motifs is 1. The Hall–Kier alpha value is -0.440. The van der Waals surface area contributed by atoms with Gasteiger partial charge in [-0.2, -0.15) is 11.8 Å². The highest BCUT2D eigenvalue weighted by molar-refractivity contribution is 7.99. The van der Waals surface area contributed by atoms with E-state index in [9.17, 15) is 4.79 Å². The predicted octanol–water partition coefficient (Wildman–Crippen LogP) is 3.67. The molecule has 2 nitrogen and oxygen atoms in total. The van der Waals surface area contributed by atoms with Crippen LogP contribution in [0.1, 0.15) is 39.0 Å². The van der Waals surface area contributed by atoms with Crippen molar-refractivity contribution >= 4 is 17.7 Å². The maximum Gasteiger partial charge on any atom is 0.315 e. The molecule has 102 valence electrons. The van der Waals surface area contributed by atoms with Gasteiger partial charge in [0.25, 0.3) is 0 Å². The molecule has 1 unspecified atom stereocenters. The topological polar surface area (TPSA) is 26.3 Å². The number of thioether (sulfide) groups is 1. The molecule has 1 fully saturated rings. The van der Waals surface area contributed by atoms with E-state index in [0.717, 1.165) is 23.5 Å². The van der Waals surface area contributed by atoms with Crippen LogP contribution in [-0.4, -0.2) is 24.1 Å². The molecule has 3 heteroatoms. The largest absolute Gasteiger partial charge is 0.465 e. The third-order valence-corrected chi connectivity index (χ3v) is 5.14. The third-order valence-electron chi connectivity index (χ3n) is 4.18. The van der Waals surface area contributed by atoms with Crippen LogP contribution in [0.5, 0.6) is 0 Å². The van der Waals surface area contributed by atoms with Crippen molar-refractivity contribution in [1.29, 1.82) is 0 Å². The molecule has 0 bridgehead atoms. The van der Waals surface area contributed by atoms with Gasteiger partial charge in [-0.1, -0.05) is 12.2 Å². The molecule has 0 amide bonds. The molecule has 18 heavy (non-hydrogen) atoms. The van der Waals surface area contributed by atoms with Crippen LogP contribution in [0.3, 0.4) is 0 Å². The molecule has 0 saturated heterocycles. The van der Waals surface area contributed by atoms with Gasteiger partial charge in [0.05, 0.1) is 12.4 Å². The van der Waals surface area contributed by atoms with E-state index in [1.807, 2.05) is 6.92 Å². The number of carbonyl (C=O) groups is 1. The van der Waals surface area contributed by atoms with Crippen LogP contribution in [0.4, 0.5) is 0 Å². The molecule has 0 N–H and O–H groups in total. The Morgan fingerprint density at radius 1 is 1.28 bits per heavy atom. The highest BCUT2D eigenvalue weighted by Crippen LogP contribution is 2.44. The predicted molar refractivity (Wildman–Crippen MR) is 76.7 cm³/mol. The van der Waals surface area contributed by atoms with E-state index in [-0.39, 0.29) is 5.97 Å². The zero-order chi connectivity index (χ0) is 12.8. The molecule has 0 aliphatic heterocycles. The van der Waals surface area contributed by atoms with Gasteiger partial charge in [0.2, 0.25) is 0 Å². The van der Waals surface area contributed by atoms with Gasteiger partial charge < -0.3 is 4.74 Å². The quantitative estimate of drug-likeness (QED) is 0.418. The summed E-state index contributed by atoms with van der Waals surface area (Å²) in [7, 11) is 0. The molecule has 3 atom stereocenters. The summed E-state index contributed by atoms with van der Waals surface area (Å²) in [6.45, 7) is 2.36. The maximum absolute atomic E-state index is 11.2. The van der Waals surface area contributed by atoms with Gasteiger partial charge in [-0.05, 0) is 62.5 Å². The fourth-order valence-corrected chi connectivity index (χ4v) is 4.20. The Morgan fingerprint density at radius 3 is 2.56 bits per heavy atom. The monoisotopic (exact) mass is 268 g/mol. The van der Waals surface area contributed by atoms with E-state index in [1.54, 1.807) is 11.8 Å². The first-order chi connectivity index (χ1) is 8.79. The number of rotatable bonds is 6.